The third kappa shape index (κ3) is 4.25. The lowest BCUT2D eigenvalue weighted by Crippen LogP contribution is -2.25. The predicted molar refractivity (Wildman–Crippen MR) is 73.0 cm³/mol. The van der Waals surface area contributed by atoms with E-state index in [1.807, 2.05) is 0 Å². The molecule has 1 rings (SSSR count). The molecule has 0 saturated carbocycles. The third-order valence-corrected chi connectivity index (χ3v) is 3.63. The Hall–Kier alpha value is -2.10. The summed E-state index contributed by atoms with van der Waals surface area (Å²) < 4.78 is 25.9. The summed E-state index contributed by atoms with van der Waals surface area (Å²) >= 11 is 0. The van der Waals surface area contributed by atoms with E-state index in [1.54, 1.807) is 0 Å². The topological polar surface area (TPSA) is 75.3 Å². The van der Waals surface area contributed by atoms with Crippen molar-refractivity contribution in [3.05, 3.63) is 42.5 Å². The summed E-state index contributed by atoms with van der Waals surface area (Å²) in [5.74, 6) is 1.93. The van der Waals surface area contributed by atoms with Gasteiger partial charge in [0.15, 0.2) is 0 Å². The number of hydrogen-bond donors (Lipinski definition) is 2. The van der Waals surface area contributed by atoms with Gasteiger partial charge in [-0.25, -0.2) is 13.1 Å². The molecule has 0 aliphatic heterocycles. The zero-order chi connectivity index (χ0) is 14.3. The Labute approximate surface area is 112 Å². The molecule has 0 heterocycles. The van der Waals surface area contributed by atoms with Crippen molar-refractivity contribution in [2.24, 2.45) is 0 Å². The molecule has 1 aromatic rings. The molecule has 0 aliphatic rings. The summed E-state index contributed by atoms with van der Waals surface area (Å²) in [6.45, 7) is 3.70. The molecule has 5 nitrogen and oxygen atoms in total. The van der Waals surface area contributed by atoms with Gasteiger partial charge >= 0.3 is 0 Å². The van der Waals surface area contributed by atoms with E-state index in [1.165, 1.54) is 30.3 Å². The van der Waals surface area contributed by atoms with Crippen molar-refractivity contribution in [1.29, 1.82) is 0 Å². The SMILES string of the molecule is C#CCNC(=O)c1ccc(S(=O)(=O)NCC=C)cc1. The average Bonchev–Trinajstić information content (AvgIpc) is 2.42. The largest absolute Gasteiger partial charge is 0.341 e. The Kier molecular flexibility index (Phi) is 5.30. The van der Waals surface area contributed by atoms with Gasteiger partial charge in [0.05, 0.1) is 11.4 Å². The van der Waals surface area contributed by atoms with Gasteiger partial charge in [-0.15, -0.1) is 13.0 Å². The summed E-state index contributed by atoms with van der Waals surface area (Å²) in [6.07, 6.45) is 6.47. The number of amides is 1. The summed E-state index contributed by atoms with van der Waals surface area (Å²) in [5, 5.41) is 2.49. The lowest BCUT2D eigenvalue weighted by atomic mass is 10.2. The molecule has 0 fully saturated rings. The van der Waals surface area contributed by atoms with Crippen LogP contribution in [0.1, 0.15) is 10.4 Å². The summed E-state index contributed by atoms with van der Waals surface area (Å²) in [5.41, 5.74) is 0.345. The smallest absolute Gasteiger partial charge is 0.252 e. The first kappa shape index (κ1) is 15.0. The van der Waals surface area contributed by atoms with Gasteiger partial charge in [-0.05, 0) is 24.3 Å². The van der Waals surface area contributed by atoms with Gasteiger partial charge in [0, 0.05) is 12.1 Å². The number of hydrogen-bond acceptors (Lipinski definition) is 3. The van der Waals surface area contributed by atoms with Crippen molar-refractivity contribution in [2.75, 3.05) is 13.1 Å². The van der Waals surface area contributed by atoms with Gasteiger partial charge in [0.2, 0.25) is 10.0 Å². The van der Waals surface area contributed by atoms with Crippen LogP contribution < -0.4 is 10.0 Å². The van der Waals surface area contributed by atoms with Gasteiger partial charge < -0.3 is 5.32 Å². The first-order valence-electron chi connectivity index (χ1n) is 5.43. The predicted octanol–water partition coefficient (Wildman–Crippen LogP) is 0.514. The second-order valence-corrected chi connectivity index (χ2v) is 5.32. The lowest BCUT2D eigenvalue weighted by Gasteiger charge is -2.06. The van der Waals surface area contributed by atoms with Crippen LogP contribution in [0.5, 0.6) is 0 Å². The van der Waals surface area contributed by atoms with E-state index in [4.69, 9.17) is 6.42 Å². The zero-order valence-electron chi connectivity index (χ0n) is 10.2. The van der Waals surface area contributed by atoms with Crippen molar-refractivity contribution in [3.63, 3.8) is 0 Å². The molecule has 0 unspecified atom stereocenters. The van der Waals surface area contributed by atoms with Crippen LogP contribution >= 0.6 is 0 Å². The average molecular weight is 278 g/mol. The summed E-state index contributed by atoms with van der Waals surface area (Å²) in [7, 11) is -3.57. The second-order valence-electron chi connectivity index (χ2n) is 3.55. The molecule has 1 amide bonds. The maximum absolute atomic E-state index is 11.8. The Balaban J connectivity index is 2.85. The van der Waals surface area contributed by atoms with E-state index in [9.17, 15) is 13.2 Å². The minimum Gasteiger partial charge on any atom is -0.341 e. The van der Waals surface area contributed by atoms with Crippen LogP contribution in [-0.2, 0) is 10.0 Å². The highest BCUT2D eigenvalue weighted by Crippen LogP contribution is 2.10. The van der Waals surface area contributed by atoms with Crippen LogP contribution in [-0.4, -0.2) is 27.4 Å². The normalized spacial score (nSPS) is 10.5. The van der Waals surface area contributed by atoms with E-state index in [2.05, 4.69) is 22.5 Å². The van der Waals surface area contributed by atoms with Gasteiger partial charge in [-0.1, -0.05) is 12.0 Å². The van der Waals surface area contributed by atoms with E-state index in [0.29, 0.717) is 5.56 Å². The van der Waals surface area contributed by atoms with E-state index < -0.39 is 10.0 Å². The van der Waals surface area contributed by atoms with Crippen LogP contribution in [0, 0.1) is 12.3 Å². The first-order valence-corrected chi connectivity index (χ1v) is 6.92. The maximum atomic E-state index is 11.8. The summed E-state index contributed by atoms with van der Waals surface area (Å²) in [4.78, 5) is 11.6. The van der Waals surface area contributed by atoms with E-state index >= 15 is 0 Å². The van der Waals surface area contributed by atoms with Crippen LogP contribution in [0.4, 0.5) is 0 Å². The monoisotopic (exact) mass is 278 g/mol. The number of terminal acetylenes is 1. The lowest BCUT2D eigenvalue weighted by molar-refractivity contribution is 0.0958. The standard InChI is InChI=1S/C13H14N2O3S/c1-3-9-14-13(16)11-5-7-12(8-6-11)19(17,18)15-10-4-2/h1,4-8,15H,2,9-10H2,(H,14,16). The van der Waals surface area contributed by atoms with Crippen LogP contribution in [0.25, 0.3) is 0 Å². The highest BCUT2D eigenvalue weighted by Gasteiger charge is 2.13. The molecule has 0 atom stereocenters. The molecule has 0 spiro atoms. The van der Waals surface area contributed by atoms with Gasteiger partial charge in [-0.3, -0.25) is 4.79 Å². The molecule has 100 valence electrons. The molecule has 0 saturated heterocycles. The fraction of sp³-hybridized carbons (Fsp3) is 0.154. The Morgan fingerprint density at radius 3 is 2.53 bits per heavy atom. The van der Waals surface area contributed by atoms with Crippen molar-refractivity contribution in [3.8, 4) is 12.3 Å². The number of rotatable bonds is 6. The van der Waals surface area contributed by atoms with Gasteiger partial charge in [0.1, 0.15) is 0 Å². The Morgan fingerprint density at radius 2 is 2.00 bits per heavy atom. The maximum Gasteiger partial charge on any atom is 0.252 e. The highest BCUT2D eigenvalue weighted by atomic mass is 32.2. The number of sulfonamides is 1. The number of carbonyl (C=O) groups excluding carboxylic acids is 1. The van der Waals surface area contributed by atoms with Gasteiger partial charge in [0.25, 0.3) is 5.91 Å². The molecule has 0 radical (unpaired) electrons. The van der Waals surface area contributed by atoms with Crippen molar-refractivity contribution in [1.82, 2.24) is 10.0 Å². The minimum atomic E-state index is -3.57. The van der Waals surface area contributed by atoms with Crippen LogP contribution in [0.3, 0.4) is 0 Å². The highest BCUT2D eigenvalue weighted by molar-refractivity contribution is 7.89. The molecular weight excluding hydrogens is 264 g/mol. The van der Waals surface area contributed by atoms with Crippen molar-refractivity contribution in [2.45, 2.75) is 4.90 Å². The second kappa shape index (κ2) is 6.73. The molecule has 2 N–H and O–H groups in total. The quantitative estimate of drug-likeness (QED) is 0.588. The first-order chi connectivity index (χ1) is 9.01. The zero-order valence-corrected chi connectivity index (χ0v) is 11.0. The van der Waals surface area contributed by atoms with Crippen LogP contribution in [0.2, 0.25) is 0 Å². The Morgan fingerprint density at radius 1 is 1.37 bits per heavy atom. The van der Waals surface area contributed by atoms with Crippen molar-refractivity contribution < 1.29 is 13.2 Å². The minimum absolute atomic E-state index is 0.0860. The Bertz CT molecular complexity index is 598. The third-order valence-electron chi connectivity index (χ3n) is 2.20. The fourth-order valence-electron chi connectivity index (χ4n) is 1.27. The molecule has 0 aliphatic carbocycles. The molecular formula is C13H14N2O3S. The summed E-state index contributed by atoms with van der Waals surface area (Å²) in [6, 6.07) is 5.56. The molecule has 1 aromatic carbocycles. The molecule has 19 heavy (non-hydrogen) atoms. The van der Waals surface area contributed by atoms with Gasteiger partial charge in [-0.2, -0.15) is 0 Å². The molecule has 0 aromatic heterocycles. The molecule has 0 bridgehead atoms. The fourth-order valence-corrected chi connectivity index (χ4v) is 2.27. The van der Waals surface area contributed by atoms with E-state index in [0.717, 1.165) is 0 Å². The number of benzene rings is 1. The van der Waals surface area contributed by atoms with Crippen LogP contribution in [0.15, 0.2) is 41.8 Å². The van der Waals surface area contributed by atoms with E-state index in [-0.39, 0.29) is 23.9 Å². The number of carbonyl (C=O) groups is 1. The molecule has 6 heteroatoms. The van der Waals surface area contributed by atoms with Crippen molar-refractivity contribution >= 4 is 15.9 Å². The number of nitrogens with one attached hydrogen (secondary N) is 2.